The summed E-state index contributed by atoms with van der Waals surface area (Å²) in [4.78, 5) is 14.7. The molecular weight excluding hydrogens is 427 g/mol. The van der Waals surface area contributed by atoms with Gasteiger partial charge >= 0.3 is 5.97 Å². The minimum Gasteiger partial charge on any atom is -0.403 e. The topological polar surface area (TPSA) is 44.1 Å². The van der Waals surface area contributed by atoms with Crippen molar-refractivity contribution in [2.75, 3.05) is 0 Å². The molecular formula is C22H22Cl2N2O2S. The molecule has 0 aliphatic carbocycles. The van der Waals surface area contributed by atoms with Gasteiger partial charge in [0.05, 0.1) is 26.7 Å². The van der Waals surface area contributed by atoms with Crippen LogP contribution in [-0.2, 0) is 5.54 Å². The summed E-state index contributed by atoms with van der Waals surface area (Å²) in [5.74, 6) is -0.153. The molecule has 0 radical (unpaired) electrons. The van der Waals surface area contributed by atoms with Gasteiger partial charge in [-0.2, -0.15) is 5.10 Å². The van der Waals surface area contributed by atoms with Crippen LogP contribution in [0, 0.1) is 13.8 Å². The first-order valence-electron chi connectivity index (χ1n) is 9.08. The monoisotopic (exact) mass is 448 g/mol. The van der Waals surface area contributed by atoms with Crippen molar-refractivity contribution in [2.45, 2.75) is 49.9 Å². The summed E-state index contributed by atoms with van der Waals surface area (Å²) in [6.45, 7) is 9.97. The van der Waals surface area contributed by atoms with Gasteiger partial charge in [-0.3, -0.25) is 0 Å². The van der Waals surface area contributed by atoms with Gasteiger partial charge in [0.15, 0.2) is 0 Å². The van der Waals surface area contributed by atoms with Crippen LogP contribution in [0.2, 0.25) is 10.0 Å². The van der Waals surface area contributed by atoms with Crippen molar-refractivity contribution in [3.05, 3.63) is 69.3 Å². The molecule has 2 aromatic carbocycles. The van der Waals surface area contributed by atoms with Crippen LogP contribution in [0.3, 0.4) is 0 Å². The molecule has 152 valence electrons. The molecule has 1 heterocycles. The van der Waals surface area contributed by atoms with Crippen molar-refractivity contribution in [3.8, 4) is 5.88 Å². The molecule has 29 heavy (non-hydrogen) atoms. The van der Waals surface area contributed by atoms with E-state index >= 15 is 0 Å². The lowest BCUT2D eigenvalue weighted by Crippen LogP contribution is -2.25. The van der Waals surface area contributed by atoms with E-state index in [4.69, 9.17) is 27.9 Å². The van der Waals surface area contributed by atoms with Crippen LogP contribution in [0.4, 0.5) is 0 Å². The molecule has 7 heteroatoms. The Morgan fingerprint density at radius 3 is 2.31 bits per heavy atom. The summed E-state index contributed by atoms with van der Waals surface area (Å²) in [6, 6.07) is 12.9. The fraction of sp³-hybridized carbons (Fsp3) is 0.273. The molecule has 0 fully saturated rings. The maximum atomic E-state index is 12.9. The normalized spacial score (nSPS) is 11.6. The Labute approximate surface area is 185 Å². The third kappa shape index (κ3) is 4.97. The van der Waals surface area contributed by atoms with Gasteiger partial charge in [0.1, 0.15) is 0 Å². The van der Waals surface area contributed by atoms with E-state index < -0.39 is 5.97 Å². The van der Waals surface area contributed by atoms with Gasteiger partial charge in [0, 0.05) is 9.92 Å². The lowest BCUT2D eigenvalue weighted by Gasteiger charge is -2.22. The largest absolute Gasteiger partial charge is 0.403 e. The fourth-order valence-electron chi connectivity index (χ4n) is 2.68. The van der Waals surface area contributed by atoms with Crippen LogP contribution in [0.25, 0.3) is 0 Å². The van der Waals surface area contributed by atoms with Gasteiger partial charge in [0.2, 0.25) is 5.88 Å². The Kier molecular flexibility index (Phi) is 6.32. The molecule has 0 saturated heterocycles. The van der Waals surface area contributed by atoms with E-state index in [-0.39, 0.29) is 16.1 Å². The zero-order valence-corrected chi connectivity index (χ0v) is 19.2. The van der Waals surface area contributed by atoms with Crippen LogP contribution in [-0.4, -0.2) is 15.7 Å². The second-order valence-corrected chi connectivity index (χ2v) is 9.66. The molecule has 0 spiro atoms. The number of hydrogen-bond donors (Lipinski definition) is 0. The predicted molar refractivity (Wildman–Crippen MR) is 119 cm³/mol. The van der Waals surface area contributed by atoms with Crippen LogP contribution in [0.1, 0.15) is 42.4 Å². The second kappa shape index (κ2) is 8.42. The Bertz CT molecular complexity index is 1050. The Morgan fingerprint density at radius 1 is 1.07 bits per heavy atom. The average molecular weight is 449 g/mol. The quantitative estimate of drug-likeness (QED) is 0.405. The maximum absolute atomic E-state index is 12.9. The minimum atomic E-state index is -0.553. The van der Waals surface area contributed by atoms with Gasteiger partial charge in [-0.1, -0.05) is 52.7 Å². The number of aromatic nitrogens is 2. The van der Waals surface area contributed by atoms with Crippen molar-refractivity contribution in [1.82, 2.24) is 9.78 Å². The van der Waals surface area contributed by atoms with E-state index in [0.29, 0.717) is 10.9 Å². The third-order valence-electron chi connectivity index (χ3n) is 4.18. The van der Waals surface area contributed by atoms with Gasteiger partial charge in [-0.15, -0.1) is 0 Å². The number of rotatable bonds is 4. The highest BCUT2D eigenvalue weighted by Gasteiger charge is 2.28. The lowest BCUT2D eigenvalue weighted by molar-refractivity contribution is 0.0704. The summed E-state index contributed by atoms with van der Waals surface area (Å²) in [5.41, 5.74) is 1.84. The van der Waals surface area contributed by atoms with E-state index in [9.17, 15) is 4.79 Å². The minimum absolute atomic E-state index is 0.244. The highest BCUT2D eigenvalue weighted by molar-refractivity contribution is 7.99. The molecule has 1 aromatic heterocycles. The average Bonchev–Trinajstić information content (AvgIpc) is 2.93. The maximum Gasteiger partial charge on any atom is 0.346 e. The summed E-state index contributed by atoms with van der Waals surface area (Å²) in [5, 5.41) is 5.34. The van der Waals surface area contributed by atoms with Gasteiger partial charge in [-0.05, 0) is 65.0 Å². The van der Waals surface area contributed by atoms with Crippen molar-refractivity contribution in [3.63, 3.8) is 0 Å². The van der Waals surface area contributed by atoms with Crippen molar-refractivity contribution in [1.29, 1.82) is 0 Å². The van der Waals surface area contributed by atoms with Crippen LogP contribution in [0.15, 0.2) is 52.3 Å². The van der Waals surface area contributed by atoms with E-state index in [2.05, 4.69) is 5.10 Å². The number of benzene rings is 2. The molecule has 0 aliphatic heterocycles. The zero-order chi connectivity index (χ0) is 21.3. The van der Waals surface area contributed by atoms with E-state index in [1.165, 1.54) is 23.4 Å². The number of carbonyl (C=O) groups is 1. The number of halogens is 2. The lowest BCUT2D eigenvalue weighted by atomic mass is 10.1. The number of nitrogens with zero attached hydrogens (tertiary/aromatic N) is 2. The van der Waals surface area contributed by atoms with Crippen molar-refractivity contribution < 1.29 is 9.53 Å². The Balaban J connectivity index is 2.02. The SMILES string of the molecule is Cc1ccc(Sc2c(C)nn(C(C)(C)C)c2OC(=O)c2ccc(Cl)cc2Cl)cc1. The summed E-state index contributed by atoms with van der Waals surface area (Å²) < 4.78 is 7.58. The van der Waals surface area contributed by atoms with Crippen LogP contribution < -0.4 is 4.74 Å². The highest BCUT2D eigenvalue weighted by atomic mass is 35.5. The van der Waals surface area contributed by atoms with Gasteiger partial charge < -0.3 is 4.74 Å². The van der Waals surface area contributed by atoms with E-state index in [1.807, 2.05) is 58.9 Å². The van der Waals surface area contributed by atoms with Crippen LogP contribution >= 0.6 is 35.0 Å². The molecule has 0 N–H and O–H groups in total. The molecule has 0 amide bonds. The second-order valence-electron chi connectivity index (χ2n) is 7.73. The number of esters is 1. The van der Waals surface area contributed by atoms with Crippen LogP contribution in [0.5, 0.6) is 5.88 Å². The van der Waals surface area contributed by atoms with Gasteiger partial charge in [0.25, 0.3) is 0 Å². The smallest absolute Gasteiger partial charge is 0.346 e. The number of ether oxygens (including phenoxy) is 1. The number of carbonyl (C=O) groups excluding carboxylic acids is 1. The molecule has 0 atom stereocenters. The number of hydrogen-bond acceptors (Lipinski definition) is 4. The Hall–Kier alpha value is -1.95. The van der Waals surface area contributed by atoms with Crippen molar-refractivity contribution in [2.24, 2.45) is 0 Å². The number of aryl methyl sites for hydroxylation is 2. The van der Waals surface area contributed by atoms with Gasteiger partial charge in [-0.25, -0.2) is 9.48 Å². The summed E-state index contributed by atoms with van der Waals surface area (Å²) in [6.07, 6.45) is 0. The van der Waals surface area contributed by atoms with E-state index in [0.717, 1.165) is 15.5 Å². The summed E-state index contributed by atoms with van der Waals surface area (Å²) >= 11 is 13.7. The first-order valence-corrected chi connectivity index (χ1v) is 10.7. The summed E-state index contributed by atoms with van der Waals surface area (Å²) in [7, 11) is 0. The van der Waals surface area contributed by atoms with E-state index in [1.54, 1.807) is 16.8 Å². The molecule has 0 saturated carbocycles. The highest BCUT2D eigenvalue weighted by Crippen LogP contribution is 2.40. The molecule has 3 aromatic rings. The molecule has 0 bridgehead atoms. The molecule has 0 aliphatic rings. The fourth-order valence-corrected chi connectivity index (χ4v) is 4.07. The first-order chi connectivity index (χ1) is 13.6. The molecule has 4 nitrogen and oxygen atoms in total. The third-order valence-corrected chi connectivity index (χ3v) is 5.91. The zero-order valence-electron chi connectivity index (χ0n) is 16.9. The standard InChI is InChI=1S/C22H22Cl2N2O2S/c1-13-6-9-16(10-7-13)29-19-14(2)25-26(22(3,4)5)20(19)28-21(27)17-11-8-15(23)12-18(17)24/h6-12H,1-5H3. The molecule has 0 unspecified atom stereocenters. The Morgan fingerprint density at radius 2 is 1.72 bits per heavy atom. The predicted octanol–water partition coefficient (Wildman–Crippen LogP) is 6.93. The molecule has 3 rings (SSSR count). The first kappa shape index (κ1) is 21.8. The van der Waals surface area contributed by atoms with Crippen molar-refractivity contribution >= 4 is 40.9 Å².